The zero-order valence-electron chi connectivity index (χ0n) is 13.6. The van der Waals surface area contributed by atoms with Gasteiger partial charge in [-0.2, -0.15) is 0 Å². The monoisotopic (exact) mass is 326 g/mol. The molecular formula is C17H24F2N2O2. The van der Waals surface area contributed by atoms with E-state index >= 15 is 0 Å². The maximum Gasteiger partial charge on any atom is 0.234 e. The van der Waals surface area contributed by atoms with Crippen LogP contribution < -0.4 is 5.32 Å². The van der Waals surface area contributed by atoms with Gasteiger partial charge in [0.2, 0.25) is 5.91 Å². The Morgan fingerprint density at radius 1 is 1.43 bits per heavy atom. The van der Waals surface area contributed by atoms with Crippen LogP contribution >= 0.6 is 0 Å². The molecule has 128 valence electrons. The van der Waals surface area contributed by atoms with Gasteiger partial charge in [-0.3, -0.25) is 9.69 Å². The molecule has 1 fully saturated rings. The molecule has 1 saturated heterocycles. The number of hydrogen-bond donors (Lipinski definition) is 2. The fourth-order valence-electron chi connectivity index (χ4n) is 2.87. The Kier molecular flexibility index (Phi) is 6.07. The quantitative estimate of drug-likeness (QED) is 0.866. The van der Waals surface area contributed by atoms with Crippen LogP contribution in [0.3, 0.4) is 0 Å². The number of amides is 1. The Balaban J connectivity index is 1.83. The highest BCUT2D eigenvalue weighted by molar-refractivity contribution is 5.78. The van der Waals surface area contributed by atoms with Gasteiger partial charge in [-0.05, 0) is 44.4 Å². The van der Waals surface area contributed by atoms with E-state index in [-0.39, 0.29) is 36.4 Å². The molecule has 1 aromatic rings. The average Bonchev–Trinajstić information content (AvgIpc) is 2.47. The van der Waals surface area contributed by atoms with Gasteiger partial charge in [-0.15, -0.1) is 0 Å². The van der Waals surface area contributed by atoms with Crippen molar-refractivity contribution in [2.24, 2.45) is 5.92 Å². The van der Waals surface area contributed by atoms with Crippen LogP contribution in [0, 0.1) is 17.6 Å². The summed E-state index contributed by atoms with van der Waals surface area (Å²) in [5.41, 5.74) is -0.0116. The lowest BCUT2D eigenvalue weighted by atomic mass is 9.96. The molecule has 1 aliphatic rings. The normalized spacial score (nSPS) is 23.5. The van der Waals surface area contributed by atoms with Crippen molar-refractivity contribution < 1.29 is 18.7 Å². The van der Waals surface area contributed by atoms with Gasteiger partial charge in [-0.1, -0.05) is 13.0 Å². The van der Waals surface area contributed by atoms with E-state index in [0.29, 0.717) is 6.54 Å². The van der Waals surface area contributed by atoms with Crippen molar-refractivity contribution >= 4 is 5.91 Å². The molecule has 3 atom stereocenters. The number of aliphatic hydroxyl groups excluding tert-OH is 1. The zero-order chi connectivity index (χ0) is 17.0. The van der Waals surface area contributed by atoms with Crippen molar-refractivity contribution in [1.82, 2.24) is 10.2 Å². The summed E-state index contributed by atoms with van der Waals surface area (Å²) < 4.78 is 27.2. The molecule has 0 spiro atoms. The maximum atomic E-state index is 13.6. The number of nitrogens with one attached hydrogen (secondary N) is 1. The first-order valence-corrected chi connectivity index (χ1v) is 7.99. The van der Waals surface area contributed by atoms with Crippen LogP contribution in [0.1, 0.15) is 25.8 Å². The van der Waals surface area contributed by atoms with Gasteiger partial charge in [0.05, 0.1) is 12.6 Å². The van der Waals surface area contributed by atoms with Crippen LogP contribution in [0.5, 0.6) is 0 Å². The second kappa shape index (κ2) is 7.84. The summed E-state index contributed by atoms with van der Waals surface area (Å²) >= 11 is 0. The molecule has 1 heterocycles. The second-order valence-electron chi connectivity index (χ2n) is 6.44. The summed E-state index contributed by atoms with van der Waals surface area (Å²) in [5.74, 6) is -1.15. The van der Waals surface area contributed by atoms with Crippen LogP contribution in [0.25, 0.3) is 0 Å². The van der Waals surface area contributed by atoms with Gasteiger partial charge < -0.3 is 10.4 Å². The second-order valence-corrected chi connectivity index (χ2v) is 6.44. The molecule has 4 nitrogen and oxygen atoms in total. The molecule has 1 aromatic carbocycles. The molecule has 2 N–H and O–H groups in total. The number of halogens is 2. The molecule has 1 amide bonds. The number of hydrogen-bond acceptors (Lipinski definition) is 3. The number of aliphatic hydroxyl groups is 1. The van der Waals surface area contributed by atoms with E-state index in [1.165, 1.54) is 18.2 Å². The van der Waals surface area contributed by atoms with Gasteiger partial charge in [0.25, 0.3) is 0 Å². The average molecular weight is 326 g/mol. The van der Waals surface area contributed by atoms with E-state index in [0.717, 1.165) is 13.0 Å². The summed E-state index contributed by atoms with van der Waals surface area (Å²) in [6, 6.07) is 3.37. The molecule has 0 bridgehead atoms. The van der Waals surface area contributed by atoms with Gasteiger partial charge in [0.1, 0.15) is 11.6 Å². The Labute approximate surface area is 135 Å². The third-order valence-electron chi connectivity index (χ3n) is 4.35. The van der Waals surface area contributed by atoms with Crippen molar-refractivity contribution in [3.63, 3.8) is 0 Å². The number of carbonyl (C=O) groups is 1. The third kappa shape index (κ3) is 4.97. The van der Waals surface area contributed by atoms with E-state index < -0.39 is 17.7 Å². The number of β-amino-alcohol motifs (C(OH)–C–C–N with tert-alkyl or cyclic N) is 1. The van der Waals surface area contributed by atoms with Crippen molar-refractivity contribution in [2.45, 2.75) is 38.8 Å². The molecule has 0 saturated carbocycles. The van der Waals surface area contributed by atoms with Gasteiger partial charge in [0.15, 0.2) is 0 Å². The Bertz CT molecular complexity index is 533. The largest absolute Gasteiger partial charge is 0.392 e. The van der Waals surface area contributed by atoms with E-state index in [2.05, 4.69) is 5.32 Å². The van der Waals surface area contributed by atoms with E-state index in [1.54, 1.807) is 6.92 Å². The number of benzene rings is 1. The lowest BCUT2D eigenvalue weighted by Crippen LogP contribution is -2.48. The molecular weight excluding hydrogens is 302 g/mol. The van der Waals surface area contributed by atoms with Gasteiger partial charge in [-0.25, -0.2) is 8.78 Å². The van der Waals surface area contributed by atoms with E-state index in [4.69, 9.17) is 0 Å². The standard InChI is InChI=1S/C17H24F2N2O2/c1-11-6-7-21(9-16(11)22)10-17(23)20-12(2)8-13-14(18)4-3-5-15(13)19/h3-5,11-12,16,22H,6-10H2,1-2H3,(H,20,23). The van der Waals surface area contributed by atoms with Crippen molar-refractivity contribution in [1.29, 1.82) is 0 Å². The molecule has 6 heteroatoms. The first-order valence-electron chi connectivity index (χ1n) is 7.99. The maximum absolute atomic E-state index is 13.6. The Morgan fingerprint density at radius 3 is 2.70 bits per heavy atom. The highest BCUT2D eigenvalue weighted by Crippen LogP contribution is 2.17. The number of carbonyl (C=O) groups excluding carboxylic acids is 1. The number of rotatable bonds is 5. The molecule has 0 aliphatic carbocycles. The van der Waals surface area contributed by atoms with Crippen molar-refractivity contribution in [3.8, 4) is 0 Å². The smallest absolute Gasteiger partial charge is 0.234 e. The molecule has 23 heavy (non-hydrogen) atoms. The fourth-order valence-corrected chi connectivity index (χ4v) is 2.87. The molecule has 2 rings (SSSR count). The number of piperidine rings is 1. The van der Waals surface area contributed by atoms with Crippen LogP contribution in [0.2, 0.25) is 0 Å². The summed E-state index contributed by atoms with van der Waals surface area (Å²) in [7, 11) is 0. The van der Waals surface area contributed by atoms with E-state index in [9.17, 15) is 18.7 Å². The summed E-state index contributed by atoms with van der Waals surface area (Å²) in [6.45, 7) is 5.14. The predicted molar refractivity (Wildman–Crippen MR) is 83.9 cm³/mol. The minimum atomic E-state index is -0.598. The molecule has 3 unspecified atom stereocenters. The number of nitrogens with zero attached hydrogens (tertiary/aromatic N) is 1. The Morgan fingerprint density at radius 2 is 2.09 bits per heavy atom. The molecule has 0 radical (unpaired) electrons. The third-order valence-corrected chi connectivity index (χ3v) is 4.35. The zero-order valence-corrected chi connectivity index (χ0v) is 13.6. The van der Waals surface area contributed by atoms with Crippen LogP contribution in [0.4, 0.5) is 8.78 Å². The minimum Gasteiger partial charge on any atom is -0.392 e. The van der Waals surface area contributed by atoms with Crippen LogP contribution in [0.15, 0.2) is 18.2 Å². The topological polar surface area (TPSA) is 52.6 Å². The van der Waals surface area contributed by atoms with Crippen molar-refractivity contribution in [3.05, 3.63) is 35.4 Å². The first kappa shape index (κ1) is 17.8. The number of likely N-dealkylation sites (tertiary alicyclic amines) is 1. The van der Waals surface area contributed by atoms with Gasteiger partial charge in [0, 0.05) is 18.2 Å². The van der Waals surface area contributed by atoms with Crippen LogP contribution in [-0.2, 0) is 11.2 Å². The lowest BCUT2D eigenvalue weighted by Gasteiger charge is -2.33. The molecule has 0 aromatic heterocycles. The Hall–Kier alpha value is -1.53. The minimum absolute atomic E-state index is 0.0116. The fraction of sp³-hybridized carbons (Fsp3) is 0.588. The highest BCUT2D eigenvalue weighted by atomic mass is 19.1. The molecule has 1 aliphatic heterocycles. The first-order chi connectivity index (χ1) is 10.9. The summed E-state index contributed by atoms with van der Waals surface area (Å²) in [6.07, 6.45) is 0.537. The van der Waals surface area contributed by atoms with Crippen molar-refractivity contribution in [2.75, 3.05) is 19.6 Å². The highest BCUT2D eigenvalue weighted by Gasteiger charge is 2.25. The van der Waals surface area contributed by atoms with Crippen LogP contribution in [-0.4, -0.2) is 47.7 Å². The summed E-state index contributed by atoms with van der Waals surface area (Å²) in [5, 5.41) is 12.6. The van der Waals surface area contributed by atoms with E-state index in [1.807, 2.05) is 11.8 Å². The lowest BCUT2D eigenvalue weighted by molar-refractivity contribution is -0.123. The predicted octanol–water partition coefficient (Wildman–Crippen LogP) is 1.71. The summed E-state index contributed by atoms with van der Waals surface area (Å²) in [4.78, 5) is 13.9. The van der Waals surface area contributed by atoms with Gasteiger partial charge >= 0.3 is 0 Å². The SMILES string of the molecule is CC(Cc1c(F)cccc1F)NC(=O)CN1CCC(C)C(O)C1.